The van der Waals surface area contributed by atoms with E-state index in [4.69, 9.17) is 61.6 Å². The van der Waals surface area contributed by atoms with Crippen LogP contribution in [0.2, 0.25) is 0 Å². The van der Waals surface area contributed by atoms with Crippen LogP contribution >= 0.6 is 0 Å². The van der Waals surface area contributed by atoms with Crippen molar-refractivity contribution in [2.75, 3.05) is 19.8 Å². The van der Waals surface area contributed by atoms with Gasteiger partial charge in [-0.1, -0.05) is 27.7 Å². The van der Waals surface area contributed by atoms with Crippen molar-refractivity contribution in [2.45, 2.75) is 234 Å². The van der Waals surface area contributed by atoms with E-state index in [1.54, 1.807) is 41.5 Å². The Morgan fingerprint density at radius 2 is 0.778 bits per heavy atom. The molecule has 0 spiro atoms. The zero-order valence-corrected chi connectivity index (χ0v) is 53.9. The van der Waals surface area contributed by atoms with Crippen LogP contribution in [-0.4, -0.2) is 159 Å². The lowest BCUT2D eigenvalue weighted by Gasteiger charge is -2.27. The van der Waals surface area contributed by atoms with Crippen LogP contribution in [0.3, 0.4) is 0 Å². The average molecular weight is 1270 g/mol. The lowest BCUT2D eigenvalue weighted by atomic mass is 9.88. The zero-order chi connectivity index (χ0) is 65.9. The van der Waals surface area contributed by atoms with Gasteiger partial charge in [0.25, 0.3) is 0 Å². The Morgan fingerprint density at radius 3 is 1.20 bits per heavy atom. The lowest BCUT2D eigenvalue weighted by molar-refractivity contribution is -0.180. The van der Waals surface area contributed by atoms with Crippen LogP contribution in [-0.2, 0) is 119 Å². The standard InChI is InChI=1S/2C17H24O6.C16H22O6.C15H20O7/c1-5-17(3,4)16(20)21-8(2)14(18)22-12-9-6-10-11(7-9)15(19)23-13(10)12;1-4-17(2,3)16(20)21-6-5-12(18)22-13-9-7-10-11(8-9)15(19)23-14(10)13;1-4-16(2,3)15(19)20-7-11(17)21-12-8-5-9-10(6-8)14(18)22-13(9)12;1-4-15(2,3)14(18)19-6-9(16)21-11-8-5-7-10(20-8)12(11)22-13(7)17/h8-13H,5-7H2,1-4H3;9-11,13-14H,4-8H2,1-3H3;8-10,12-13H,4-7H2,1-3H3;7-8,10-12H,4-6H2,1-3H3. The van der Waals surface area contributed by atoms with Crippen molar-refractivity contribution < 1.29 is 119 Å². The first-order valence-corrected chi connectivity index (χ1v) is 32.2. The van der Waals surface area contributed by atoms with Crippen molar-refractivity contribution in [3.8, 4) is 0 Å². The molecule has 8 bridgehead atoms. The second-order valence-corrected chi connectivity index (χ2v) is 28.9. The summed E-state index contributed by atoms with van der Waals surface area (Å²) in [6.45, 7) is 22.5. The summed E-state index contributed by atoms with van der Waals surface area (Å²) in [7, 11) is 0. The van der Waals surface area contributed by atoms with E-state index < -0.39 is 94.5 Å². The zero-order valence-electron chi connectivity index (χ0n) is 53.9. The van der Waals surface area contributed by atoms with Gasteiger partial charge in [-0.25, -0.2) is 14.4 Å². The fourth-order valence-electron chi connectivity index (χ4n) is 14.4. The molecule has 12 rings (SSSR count). The number of fused-ring (bicyclic) bond motifs is 4. The summed E-state index contributed by atoms with van der Waals surface area (Å²) < 4.78 is 69.0. The second kappa shape index (κ2) is 26.3. The van der Waals surface area contributed by atoms with Gasteiger partial charge in [-0.3, -0.25) is 43.2 Å². The monoisotopic (exact) mass is 1270 g/mol. The molecule has 12 aliphatic rings. The van der Waals surface area contributed by atoms with Gasteiger partial charge in [-0.15, -0.1) is 0 Å². The second-order valence-electron chi connectivity index (χ2n) is 28.9. The van der Waals surface area contributed by atoms with Crippen LogP contribution in [0.1, 0.15) is 167 Å². The highest BCUT2D eigenvalue weighted by atomic mass is 16.7. The highest BCUT2D eigenvalue weighted by Gasteiger charge is 2.67. The predicted octanol–water partition coefficient (Wildman–Crippen LogP) is 5.75. The number of ether oxygens (including phenoxy) is 13. The van der Waals surface area contributed by atoms with Crippen LogP contribution < -0.4 is 0 Å². The molecule has 0 amide bonds. The molecule has 12 fully saturated rings. The Bertz CT molecular complexity index is 2740. The molecule has 6 saturated heterocycles. The highest BCUT2D eigenvalue weighted by Crippen LogP contribution is 2.58. The number of rotatable bonds is 21. The Labute approximate surface area is 523 Å². The van der Waals surface area contributed by atoms with Crippen LogP contribution in [0.5, 0.6) is 0 Å². The van der Waals surface area contributed by atoms with Gasteiger partial charge < -0.3 is 61.6 Å². The summed E-state index contributed by atoms with van der Waals surface area (Å²) in [5.41, 5.74) is -2.42. The predicted molar refractivity (Wildman–Crippen MR) is 304 cm³/mol. The summed E-state index contributed by atoms with van der Waals surface area (Å²) in [5.74, 6) is -3.55. The van der Waals surface area contributed by atoms with Crippen molar-refractivity contribution in [3.63, 3.8) is 0 Å². The average Bonchev–Trinajstić information content (AvgIpc) is 1.61. The molecule has 21 unspecified atom stereocenters. The highest BCUT2D eigenvalue weighted by molar-refractivity contribution is 5.84. The van der Waals surface area contributed by atoms with Crippen molar-refractivity contribution >= 4 is 71.6 Å². The first-order chi connectivity index (χ1) is 42.2. The van der Waals surface area contributed by atoms with E-state index in [1.165, 1.54) is 6.92 Å². The maximum absolute atomic E-state index is 12.2. The van der Waals surface area contributed by atoms with Crippen molar-refractivity contribution in [1.29, 1.82) is 0 Å². The van der Waals surface area contributed by atoms with Gasteiger partial charge in [-0.05, 0) is 133 Å². The lowest BCUT2D eigenvalue weighted by Crippen LogP contribution is -2.41. The van der Waals surface area contributed by atoms with E-state index >= 15 is 0 Å². The fraction of sp³-hybridized carbons (Fsp3) is 0.815. The van der Waals surface area contributed by atoms with Crippen LogP contribution in [0.25, 0.3) is 0 Å². The minimum Gasteiger partial charge on any atom is -0.465 e. The minimum absolute atomic E-state index is 0.00636. The maximum atomic E-state index is 12.2. The van der Waals surface area contributed by atoms with E-state index in [2.05, 4.69) is 0 Å². The van der Waals surface area contributed by atoms with Gasteiger partial charge in [0.2, 0.25) is 0 Å². The van der Waals surface area contributed by atoms with Crippen LogP contribution in [0, 0.1) is 80.8 Å². The fourth-order valence-corrected chi connectivity index (χ4v) is 14.4. The molecule has 0 aromatic carbocycles. The molecular formula is C65H90O25. The maximum Gasteiger partial charge on any atom is 0.347 e. The summed E-state index contributed by atoms with van der Waals surface area (Å²) >= 11 is 0. The van der Waals surface area contributed by atoms with Crippen molar-refractivity contribution in [1.82, 2.24) is 0 Å². The number of hydrogen-bond acceptors (Lipinski definition) is 25. The quantitative estimate of drug-likeness (QED) is 0.0975. The molecule has 25 nitrogen and oxygen atoms in total. The molecule has 6 aliphatic heterocycles. The molecule has 25 heteroatoms. The summed E-state index contributed by atoms with van der Waals surface area (Å²) in [6, 6.07) is 0. The van der Waals surface area contributed by atoms with Crippen LogP contribution in [0.4, 0.5) is 0 Å². The minimum atomic E-state index is -0.958. The molecule has 6 heterocycles. The number of carbonyl (C=O) groups excluding carboxylic acids is 12. The molecule has 6 saturated carbocycles. The number of hydrogen-bond donors (Lipinski definition) is 0. The molecule has 0 radical (unpaired) electrons. The van der Waals surface area contributed by atoms with Gasteiger partial charge in [0.15, 0.2) is 31.5 Å². The molecule has 500 valence electrons. The van der Waals surface area contributed by atoms with Gasteiger partial charge in [-0.2, -0.15) is 0 Å². The van der Waals surface area contributed by atoms with Gasteiger partial charge in [0, 0.05) is 35.5 Å². The van der Waals surface area contributed by atoms with E-state index in [-0.39, 0.29) is 151 Å². The smallest absolute Gasteiger partial charge is 0.347 e. The molecular weight excluding hydrogens is 1180 g/mol. The van der Waals surface area contributed by atoms with Gasteiger partial charge in [0.1, 0.15) is 49.3 Å². The Morgan fingerprint density at radius 1 is 0.422 bits per heavy atom. The van der Waals surface area contributed by atoms with E-state index in [1.807, 2.05) is 41.5 Å². The van der Waals surface area contributed by atoms with Crippen molar-refractivity contribution in [2.24, 2.45) is 80.8 Å². The molecule has 21 atom stereocenters. The number of carbonyl (C=O) groups is 12. The third kappa shape index (κ3) is 13.6. The molecule has 90 heavy (non-hydrogen) atoms. The third-order valence-electron chi connectivity index (χ3n) is 21.6. The molecule has 0 aromatic rings. The van der Waals surface area contributed by atoms with E-state index in [0.29, 0.717) is 32.1 Å². The van der Waals surface area contributed by atoms with Gasteiger partial charge in [0.05, 0.1) is 57.9 Å². The topological polar surface area (TPSA) is 325 Å². The Balaban J connectivity index is 0.000000142. The number of esters is 12. The van der Waals surface area contributed by atoms with Crippen molar-refractivity contribution in [3.05, 3.63) is 0 Å². The summed E-state index contributed by atoms with van der Waals surface area (Å²) in [5, 5.41) is 0. The first kappa shape index (κ1) is 68.0. The van der Waals surface area contributed by atoms with Crippen LogP contribution in [0.15, 0.2) is 0 Å². The SMILES string of the molecule is CCC(C)(C)C(=O)OC(C)C(=O)OC1C2CC3C(=O)OC1C3C2.CCC(C)(C)C(=O)OCC(=O)OC1C2CC3C(=O)OC1C3C2.CCC(C)(C)C(=O)OCC(=O)OC1C2CC3C(=O)OC1C3O2.CCC(C)(C)C(=O)OCCC(=O)OC1C2CC3C(=O)OC1C3C2. The molecule has 0 N–H and O–H groups in total. The van der Waals surface area contributed by atoms with E-state index in [0.717, 1.165) is 38.5 Å². The third-order valence-corrected chi connectivity index (χ3v) is 21.6. The molecule has 6 aliphatic carbocycles. The summed E-state index contributed by atoms with van der Waals surface area (Å²) in [6.07, 6.45) is 3.30. The molecule has 0 aromatic heterocycles. The Hall–Kier alpha value is -6.40. The largest absolute Gasteiger partial charge is 0.465 e. The summed E-state index contributed by atoms with van der Waals surface area (Å²) in [4.78, 5) is 142. The van der Waals surface area contributed by atoms with Gasteiger partial charge >= 0.3 is 71.6 Å². The first-order valence-electron chi connectivity index (χ1n) is 32.2. The normalized spacial score (nSPS) is 35.3. The van der Waals surface area contributed by atoms with E-state index in [9.17, 15) is 57.5 Å². The Kier molecular flexibility index (Phi) is 19.9.